The van der Waals surface area contributed by atoms with E-state index in [1.54, 1.807) is 24.3 Å². The van der Waals surface area contributed by atoms with E-state index in [4.69, 9.17) is 0 Å². The average Bonchev–Trinajstić information content (AvgIpc) is 2.88. The van der Waals surface area contributed by atoms with Gasteiger partial charge in [0, 0.05) is 13.0 Å². The van der Waals surface area contributed by atoms with Crippen LogP contribution in [0.15, 0.2) is 54.6 Å². The van der Waals surface area contributed by atoms with E-state index in [-0.39, 0.29) is 24.1 Å². The number of aliphatic carboxylic acids is 1. The first-order chi connectivity index (χ1) is 14.5. The minimum Gasteiger partial charge on any atom is -0.480 e. The van der Waals surface area contributed by atoms with Crippen LogP contribution in [0.25, 0.3) is 0 Å². The number of benzene rings is 2. The molecule has 0 aliphatic carbocycles. The normalized spacial score (nSPS) is 20.1. The van der Waals surface area contributed by atoms with E-state index in [1.807, 2.05) is 30.3 Å². The van der Waals surface area contributed by atoms with Gasteiger partial charge in [-0.3, -0.25) is 19.3 Å². The maximum atomic E-state index is 13.4. The van der Waals surface area contributed by atoms with Crippen LogP contribution in [-0.2, 0) is 16.0 Å². The van der Waals surface area contributed by atoms with E-state index in [9.17, 15) is 24.3 Å². The molecule has 2 heterocycles. The molecule has 7 heteroatoms. The van der Waals surface area contributed by atoms with Crippen molar-refractivity contribution >= 4 is 23.7 Å². The van der Waals surface area contributed by atoms with Gasteiger partial charge in [-0.2, -0.15) is 0 Å². The number of likely N-dealkylation sites (tertiary alicyclic amines) is 1. The highest BCUT2D eigenvalue weighted by molar-refractivity contribution is 6.22. The molecule has 0 spiro atoms. The molecule has 2 aromatic rings. The summed E-state index contributed by atoms with van der Waals surface area (Å²) in [4.78, 5) is 53.6. The van der Waals surface area contributed by atoms with Crippen molar-refractivity contribution in [3.63, 3.8) is 0 Å². The van der Waals surface area contributed by atoms with E-state index >= 15 is 0 Å². The molecule has 1 saturated heterocycles. The molecule has 154 valence electrons. The number of hydrogen-bond donors (Lipinski definition) is 1. The van der Waals surface area contributed by atoms with Crippen molar-refractivity contribution in [3.05, 3.63) is 71.3 Å². The van der Waals surface area contributed by atoms with Gasteiger partial charge in [-0.25, -0.2) is 4.79 Å². The summed E-state index contributed by atoms with van der Waals surface area (Å²) in [5, 5.41) is 9.85. The lowest BCUT2D eigenvalue weighted by Crippen LogP contribution is -2.55. The highest BCUT2D eigenvalue weighted by Gasteiger charge is 2.46. The zero-order valence-corrected chi connectivity index (χ0v) is 16.4. The quantitative estimate of drug-likeness (QED) is 0.769. The number of nitrogens with zero attached hydrogens (tertiary/aromatic N) is 2. The van der Waals surface area contributed by atoms with E-state index in [1.165, 1.54) is 4.90 Å². The summed E-state index contributed by atoms with van der Waals surface area (Å²) in [5.74, 6) is -2.57. The Morgan fingerprint density at radius 3 is 2.13 bits per heavy atom. The number of carboxylic acids is 1. The summed E-state index contributed by atoms with van der Waals surface area (Å²) in [6.45, 7) is 0.280. The van der Waals surface area contributed by atoms with Crippen LogP contribution in [-0.4, -0.2) is 57.2 Å². The number of imide groups is 1. The van der Waals surface area contributed by atoms with Gasteiger partial charge in [0.15, 0.2) is 0 Å². The number of fused-ring (bicyclic) bond motifs is 1. The molecule has 0 unspecified atom stereocenters. The molecule has 2 aliphatic rings. The van der Waals surface area contributed by atoms with Gasteiger partial charge < -0.3 is 10.0 Å². The minimum absolute atomic E-state index is 0.163. The van der Waals surface area contributed by atoms with Crippen molar-refractivity contribution < 1.29 is 24.3 Å². The topological polar surface area (TPSA) is 95.0 Å². The van der Waals surface area contributed by atoms with Gasteiger partial charge in [-0.05, 0) is 37.0 Å². The van der Waals surface area contributed by atoms with Crippen LogP contribution in [0.1, 0.15) is 45.5 Å². The number of carbonyl (C=O) groups excluding carboxylic acids is 3. The monoisotopic (exact) mass is 406 g/mol. The van der Waals surface area contributed by atoms with Gasteiger partial charge >= 0.3 is 5.97 Å². The Balaban J connectivity index is 1.63. The number of amides is 3. The maximum Gasteiger partial charge on any atom is 0.326 e. The Hall–Kier alpha value is -3.48. The first-order valence-corrected chi connectivity index (χ1v) is 10.0. The predicted octanol–water partition coefficient (Wildman–Crippen LogP) is 2.36. The van der Waals surface area contributed by atoms with E-state index in [2.05, 4.69) is 0 Å². The lowest BCUT2D eigenvalue weighted by atomic mass is 10.0. The van der Waals surface area contributed by atoms with Crippen molar-refractivity contribution in [1.82, 2.24) is 9.80 Å². The first-order valence-electron chi connectivity index (χ1n) is 10.0. The molecular formula is C23H22N2O5. The SMILES string of the molecule is O=C(O)[C@@H](Cc1ccccc1)N1CCCC[C@H](N2C(=O)c3ccccc3C2=O)C1=O. The summed E-state index contributed by atoms with van der Waals surface area (Å²) >= 11 is 0. The van der Waals surface area contributed by atoms with Gasteiger partial charge in [0.25, 0.3) is 11.8 Å². The third-order valence-electron chi connectivity index (χ3n) is 5.77. The lowest BCUT2D eigenvalue weighted by Gasteiger charge is -2.32. The van der Waals surface area contributed by atoms with Crippen LogP contribution in [0.5, 0.6) is 0 Å². The van der Waals surface area contributed by atoms with Crippen molar-refractivity contribution in [1.29, 1.82) is 0 Å². The Morgan fingerprint density at radius 2 is 1.53 bits per heavy atom. The molecule has 1 fully saturated rings. The second kappa shape index (κ2) is 8.10. The second-order valence-electron chi connectivity index (χ2n) is 7.61. The van der Waals surface area contributed by atoms with Crippen molar-refractivity contribution in [2.24, 2.45) is 0 Å². The Morgan fingerprint density at radius 1 is 0.933 bits per heavy atom. The van der Waals surface area contributed by atoms with Crippen molar-refractivity contribution in [2.75, 3.05) is 6.54 Å². The molecule has 7 nitrogen and oxygen atoms in total. The standard InChI is InChI=1S/C23H22N2O5/c26-20-16-10-4-5-11-17(16)21(27)25(20)18-12-6-7-13-24(22(18)28)19(23(29)30)14-15-8-2-1-3-9-15/h1-5,8-11,18-19H,6-7,12-14H2,(H,29,30)/t18-,19+/m0/s1. The number of hydrogen-bond acceptors (Lipinski definition) is 4. The third-order valence-corrected chi connectivity index (χ3v) is 5.77. The fourth-order valence-electron chi connectivity index (χ4n) is 4.25. The van der Waals surface area contributed by atoms with Gasteiger partial charge in [0.1, 0.15) is 12.1 Å². The van der Waals surface area contributed by atoms with Crippen LogP contribution in [0, 0.1) is 0 Å². The summed E-state index contributed by atoms with van der Waals surface area (Å²) < 4.78 is 0. The molecular weight excluding hydrogens is 384 g/mol. The minimum atomic E-state index is -1.10. The molecule has 0 saturated carbocycles. The third kappa shape index (κ3) is 3.47. The molecule has 0 aromatic heterocycles. The van der Waals surface area contributed by atoms with Gasteiger partial charge in [0.05, 0.1) is 11.1 Å². The van der Waals surface area contributed by atoms with Crippen LogP contribution in [0.3, 0.4) is 0 Å². The van der Waals surface area contributed by atoms with Crippen LogP contribution >= 0.6 is 0 Å². The summed E-state index contributed by atoms with van der Waals surface area (Å²) in [5.41, 5.74) is 1.37. The lowest BCUT2D eigenvalue weighted by molar-refractivity contribution is -0.151. The van der Waals surface area contributed by atoms with Gasteiger partial charge in [-0.1, -0.05) is 42.5 Å². The number of carboxylic acid groups (broad SMARTS) is 1. The van der Waals surface area contributed by atoms with Crippen molar-refractivity contribution in [3.8, 4) is 0 Å². The zero-order chi connectivity index (χ0) is 21.3. The first kappa shape index (κ1) is 19.8. The van der Waals surface area contributed by atoms with Crippen LogP contribution in [0.2, 0.25) is 0 Å². The highest BCUT2D eigenvalue weighted by atomic mass is 16.4. The predicted molar refractivity (Wildman–Crippen MR) is 108 cm³/mol. The van der Waals surface area contributed by atoms with E-state index in [0.29, 0.717) is 19.3 Å². The summed E-state index contributed by atoms with van der Waals surface area (Å²) in [7, 11) is 0. The molecule has 2 atom stereocenters. The fourth-order valence-corrected chi connectivity index (χ4v) is 4.25. The fraction of sp³-hybridized carbons (Fsp3) is 0.304. The largest absolute Gasteiger partial charge is 0.480 e. The number of carbonyl (C=O) groups is 4. The second-order valence-corrected chi connectivity index (χ2v) is 7.61. The number of rotatable bonds is 5. The maximum absolute atomic E-state index is 13.4. The van der Waals surface area contributed by atoms with E-state index in [0.717, 1.165) is 10.5 Å². The average molecular weight is 406 g/mol. The van der Waals surface area contributed by atoms with Gasteiger partial charge in [0.2, 0.25) is 5.91 Å². The molecule has 0 radical (unpaired) electrons. The molecule has 4 rings (SSSR count). The molecule has 1 N–H and O–H groups in total. The zero-order valence-electron chi connectivity index (χ0n) is 16.4. The molecule has 2 aliphatic heterocycles. The summed E-state index contributed by atoms with van der Waals surface area (Å²) in [6, 6.07) is 13.6. The van der Waals surface area contributed by atoms with E-state index < -0.39 is 35.8 Å². The molecule has 2 aromatic carbocycles. The molecule has 0 bridgehead atoms. The Kier molecular flexibility index (Phi) is 5.35. The van der Waals surface area contributed by atoms with Gasteiger partial charge in [-0.15, -0.1) is 0 Å². The molecule has 3 amide bonds. The van der Waals surface area contributed by atoms with Crippen LogP contribution in [0.4, 0.5) is 0 Å². The smallest absolute Gasteiger partial charge is 0.326 e. The Labute approximate surface area is 173 Å². The Bertz CT molecular complexity index is 969. The summed E-state index contributed by atoms with van der Waals surface area (Å²) in [6.07, 6.45) is 1.73. The highest BCUT2D eigenvalue weighted by Crippen LogP contribution is 2.29. The van der Waals surface area contributed by atoms with Crippen molar-refractivity contribution in [2.45, 2.75) is 37.8 Å². The molecule has 30 heavy (non-hydrogen) atoms. The van der Waals surface area contributed by atoms with Crippen LogP contribution < -0.4 is 0 Å².